The normalized spacial score (nSPS) is 11.3. The molecular formula is C24H28ClN3O2. The van der Waals surface area contributed by atoms with Gasteiger partial charge in [0.05, 0.1) is 6.20 Å². The Bertz CT molecular complexity index is 967. The number of aryl methyl sites for hydroxylation is 1. The Morgan fingerprint density at radius 3 is 2.53 bits per heavy atom. The van der Waals surface area contributed by atoms with E-state index in [9.17, 15) is 4.79 Å². The molecule has 0 aliphatic rings. The van der Waals surface area contributed by atoms with Gasteiger partial charge in [-0.1, -0.05) is 35.9 Å². The van der Waals surface area contributed by atoms with Crippen LogP contribution in [0.4, 0.5) is 0 Å². The summed E-state index contributed by atoms with van der Waals surface area (Å²) in [4.78, 5) is 18.9. The van der Waals surface area contributed by atoms with Gasteiger partial charge in [-0.15, -0.1) is 0 Å². The Morgan fingerprint density at radius 1 is 1.13 bits per heavy atom. The van der Waals surface area contributed by atoms with E-state index < -0.39 is 0 Å². The van der Waals surface area contributed by atoms with Gasteiger partial charge in [0.25, 0.3) is 0 Å². The maximum atomic E-state index is 12.3. The molecule has 0 saturated heterocycles. The molecule has 1 amide bonds. The molecule has 0 spiro atoms. The molecule has 3 aromatic rings. The van der Waals surface area contributed by atoms with E-state index in [4.69, 9.17) is 16.0 Å². The van der Waals surface area contributed by atoms with E-state index in [1.54, 1.807) is 6.20 Å². The summed E-state index contributed by atoms with van der Waals surface area (Å²) >= 11 is 5.92. The number of oxazole rings is 1. The minimum atomic E-state index is -0.0201. The lowest BCUT2D eigenvalue weighted by Crippen LogP contribution is -2.27. The fourth-order valence-electron chi connectivity index (χ4n) is 3.01. The largest absolute Gasteiger partial charge is 0.441 e. The summed E-state index contributed by atoms with van der Waals surface area (Å²) < 4.78 is 5.77. The van der Waals surface area contributed by atoms with Gasteiger partial charge in [0.2, 0.25) is 5.91 Å². The van der Waals surface area contributed by atoms with Crippen LogP contribution in [0.15, 0.2) is 59.1 Å². The summed E-state index contributed by atoms with van der Waals surface area (Å²) in [6.07, 6.45) is 2.46. The van der Waals surface area contributed by atoms with Crippen LogP contribution in [0.2, 0.25) is 5.02 Å². The third-order valence-corrected chi connectivity index (χ3v) is 5.40. The number of hydrogen-bond donors (Lipinski definition) is 1. The van der Waals surface area contributed by atoms with Crippen LogP contribution in [0.5, 0.6) is 0 Å². The van der Waals surface area contributed by atoms with Crippen molar-refractivity contribution in [2.45, 2.75) is 45.8 Å². The van der Waals surface area contributed by atoms with E-state index in [0.29, 0.717) is 42.1 Å². The predicted octanol–water partition coefficient (Wildman–Crippen LogP) is 5.08. The molecule has 30 heavy (non-hydrogen) atoms. The highest BCUT2D eigenvalue weighted by molar-refractivity contribution is 6.30. The maximum Gasteiger partial charge on any atom is 0.220 e. The van der Waals surface area contributed by atoms with Gasteiger partial charge in [0.15, 0.2) is 11.7 Å². The van der Waals surface area contributed by atoms with Gasteiger partial charge in [0, 0.05) is 42.6 Å². The first-order valence-corrected chi connectivity index (χ1v) is 10.5. The lowest BCUT2D eigenvalue weighted by molar-refractivity contribution is -0.121. The average Bonchev–Trinajstić information content (AvgIpc) is 3.21. The van der Waals surface area contributed by atoms with Gasteiger partial charge < -0.3 is 9.73 Å². The van der Waals surface area contributed by atoms with Crippen LogP contribution in [-0.2, 0) is 24.3 Å². The van der Waals surface area contributed by atoms with Crippen molar-refractivity contribution >= 4 is 17.5 Å². The molecule has 1 N–H and O–H groups in total. The Labute approximate surface area is 183 Å². The maximum absolute atomic E-state index is 12.3. The average molecular weight is 426 g/mol. The van der Waals surface area contributed by atoms with Crippen LogP contribution in [0.1, 0.15) is 37.3 Å². The molecule has 1 heterocycles. The molecule has 6 heteroatoms. The summed E-state index contributed by atoms with van der Waals surface area (Å²) in [6, 6.07) is 16.1. The lowest BCUT2D eigenvalue weighted by atomic mass is 10.1. The zero-order chi connectivity index (χ0) is 21.5. The molecule has 0 saturated carbocycles. The number of carbonyl (C=O) groups is 1. The zero-order valence-electron chi connectivity index (χ0n) is 17.7. The van der Waals surface area contributed by atoms with Gasteiger partial charge in [-0.2, -0.15) is 0 Å². The lowest BCUT2D eigenvalue weighted by Gasteiger charge is -2.22. The van der Waals surface area contributed by atoms with Crippen molar-refractivity contribution in [3.05, 3.63) is 76.8 Å². The second kappa shape index (κ2) is 10.4. The van der Waals surface area contributed by atoms with Crippen LogP contribution in [0.25, 0.3) is 11.3 Å². The van der Waals surface area contributed by atoms with Crippen molar-refractivity contribution in [3.8, 4) is 11.3 Å². The van der Waals surface area contributed by atoms with Gasteiger partial charge in [-0.05, 0) is 56.3 Å². The number of halogens is 1. The summed E-state index contributed by atoms with van der Waals surface area (Å²) in [5.74, 6) is 1.20. The Balaban J connectivity index is 1.51. The summed E-state index contributed by atoms with van der Waals surface area (Å²) in [5.41, 5.74) is 3.28. The number of benzene rings is 2. The third-order valence-electron chi connectivity index (χ3n) is 5.14. The van der Waals surface area contributed by atoms with Crippen molar-refractivity contribution in [2.75, 3.05) is 7.05 Å². The molecule has 1 aromatic heterocycles. The van der Waals surface area contributed by atoms with Crippen LogP contribution in [-0.4, -0.2) is 28.9 Å². The van der Waals surface area contributed by atoms with Gasteiger partial charge in [0.1, 0.15) is 0 Å². The number of hydrogen-bond acceptors (Lipinski definition) is 4. The highest BCUT2D eigenvalue weighted by Crippen LogP contribution is 2.22. The monoisotopic (exact) mass is 425 g/mol. The molecule has 0 fully saturated rings. The standard InChI is InChI=1S/C24H28ClN3O2/c1-17(2)28(3)16-20-7-5-4-6-19(20)14-26-23(29)12-13-24-27-15-22(30-24)18-8-10-21(25)11-9-18/h4-11,15,17H,12-14,16H2,1-3H3,(H,26,29). The summed E-state index contributed by atoms with van der Waals surface area (Å²) in [5, 5.41) is 3.69. The topological polar surface area (TPSA) is 58.4 Å². The molecule has 0 aliphatic heterocycles. The van der Waals surface area contributed by atoms with E-state index in [2.05, 4.69) is 48.2 Å². The minimum Gasteiger partial charge on any atom is -0.441 e. The molecular weight excluding hydrogens is 398 g/mol. The number of carbonyl (C=O) groups excluding carboxylic acids is 1. The first-order valence-electron chi connectivity index (χ1n) is 10.2. The summed E-state index contributed by atoms with van der Waals surface area (Å²) in [7, 11) is 2.11. The van der Waals surface area contributed by atoms with E-state index in [1.807, 2.05) is 36.4 Å². The van der Waals surface area contributed by atoms with Crippen LogP contribution in [0, 0.1) is 0 Å². The second-order valence-electron chi connectivity index (χ2n) is 7.68. The van der Waals surface area contributed by atoms with Crippen molar-refractivity contribution in [1.29, 1.82) is 0 Å². The fraction of sp³-hybridized carbons (Fsp3) is 0.333. The number of aromatic nitrogens is 1. The highest BCUT2D eigenvalue weighted by atomic mass is 35.5. The molecule has 0 unspecified atom stereocenters. The fourth-order valence-corrected chi connectivity index (χ4v) is 3.14. The molecule has 2 aromatic carbocycles. The van der Waals surface area contributed by atoms with E-state index in [1.165, 1.54) is 5.56 Å². The van der Waals surface area contributed by atoms with Crippen LogP contribution in [0.3, 0.4) is 0 Å². The smallest absolute Gasteiger partial charge is 0.220 e. The zero-order valence-corrected chi connectivity index (χ0v) is 18.4. The third kappa shape index (κ3) is 6.18. The first-order chi connectivity index (χ1) is 14.4. The van der Waals surface area contributed by atoms with Gasteiger partial charge in [-0.25, -0.2) is 4.98 Å². The number of amides is 1. The van der Waals surface area contributed by atoms with Gasteiger partial charge in [-0.3, -0.25) is 9.69 Å². The van der Waals surface area contributed by atoms with E-state index in [0.717, 1.165) is 17.7 Å². The van der Waals surface area contributed by atoms with E-state index in [-0.39, 0.29) is 5.91 Å². The summed E-state index contributed by atoms with van der Waals surface area (Å²) in [6.45, 7) is 5.72. The van der Waals surface area contributed by atoms with Crippen molar-refractivity contribution < 1.29 is 9.21 Å². The van der Waals surface area contributed by atoms with Crippen LogP contribution < -0.4 is 5.32 Å². The van der Waals surface area contributed by atoms with Crippen LogP contribution >= 0.6 is 11.6 Å². The predicted molar refractivity (Wildman–Crippen MR) is 120 cm³/mol. The molecule has 0 bridgehead atoms. The van der Waals surface area contributed by atoms with Crippen molar-refractivity contribution in [3.63, 3.8) is 0 Å². The number of nitrogens with one attached hydrogen (secondary N) is 1. The SMILES string of the molecule is CC(C)N(C)Cc1ccccc1CNC(=O)CCc1ncc(-c2ccc(Cl)cc2)o1. The quantitative estimate of drug-likeness (QED) is 0.519. The molecule has 3 rings (SSSR count). The second-order valence-corrected chi connectivity index (χ2v) is 8.12. The molecule has 5 nitrogen and oxygen atoms in total. The molecule has 0 radical (unpaired) electrons. The number of rotatable bonds is 9. The van der Waals surface area contributed by atoms with E-state index >= 15 is 0 Å². The Hall–Kier alpha value is -2.63. The van der Waals surface area contributed by atoms with Crippen molar-refractivity contribution in [1.82, 2.24) is 15.2 Å². The molecule has 0 atom stereocenters. The Morgan fingerprint density at radius 2 is 1.83 bits per heavy atom. The minimum absolute atomic E-state index is 0.0201. The molecule has 158 valence electrons. The van der Waals surface area contributed by atoms with Gasteiger partial charge >= 0.3 is 0 Å². The first kappa shape index (κ1) is 22.1. The molecule has 0 aliphatic carbocycles. The number of nitrogens with zero attached hydrogens (tertiary/aromatic N) is 2. The highest BCUT2D eigenvalue weighted by Gasteiger charge is 2.11. The van der Waals surface area contributed by atoms with Crippen molar-refractivity contribution in [2.24, 2.45) is 0 Å². The Kier molecular flexibility index (Phi) is 7.66.